The van der Waals surface area contributed by atoms with E-state index in [9.17, 15) is 4.79 Å². The van der Waals surface area contributed by atoms with E-state index in [2.05, 4.69) is 0 Å². The van der Waals surface area contributed by atoms with Crippen molar-refractivity contribution in [3.63, 3.8) is 0 Å². The van der Waals surface area contributed by atoms with Gasteiger partial charge in [-0.3, -0.25) is 0 Å². The van der Waals surface area contributed by atoms with Crippen LogP contribution < -0.4 is 0 Å². The zero-order valence-electron chi connectivity index (χ0n) is 6.50. The largest absolute Gasteiger partial charge is 0.465 e. The van der Waals surface area contributed by atoms with Crippen LogP contribution in [-0.4, -0.2) is 42.9 Å². The summed E-state index contributed by atoms with van der Waals surface area (Å²) < 4.78 is 4.87. The Morgan fingerprint density at radius 1 is 1.80 bits per heavy atom. The summed E-state index contributed by atoms with van der Waals surface area (Å²) in [4.78, 5) is 11.4. The molecular formula is C6H13NO3. The Morgan fingerprint density at radius 3 is 2.60 bits per heavy atom. The predicted molar refractivity (Wildman–Crippen MR) is 37.1 cm³/mol. The number of carboxylic acid groups (broad SMARTS) is 1. The Morgan fingerprint density at radius 2 is 2.30 bits per heavy atom. The van der Waals surface area contributed by atoms with Crippen molar-refractivity contribution in [2.24, 2.45) is 0 Å². The van der Waals surface area contributed by atoms with Crippen LogP contribution >= 0.6 is 0 Å². The van der Waals surface area contributed by atoms with Gasteiger partial charge in [-0.15, -0.1) is 0 Å². The normalized spacial score (nSPS) is 12.7. The summed E-state index contributed by atoms with van der Waals surface area (Å²) in [7, 11) is 3.07. The van der Waals surface area contributed by atoms with Crippen LogP contribution in [0.3, 0.4) is 0 Å². The monoisotopic (exact) mass is 147 g/mol. The van der Waals surface area contributed by atoms with Gasteiger partial charge in [0.05, 0.1) is 6.10 Å². The predicted octanol–water partition coefficient (Wildman–Crippen LogP) is 0.631. The number of nitrogens with zero attached hydrogens (tertiary/aromatic N) is 1. The fourth-order valence-electron chi connectivity index (χ4n) is 0.538. The van der Waals surface area contributed by atoms with Crippen LogP contribution in [0.5, 0.6) is 0 Å². The van der Waals surface area contributed by atoms with Gasteiger partial charge in [-0.05, 0) is 6.92 Å². The van der Waals surface area contributed by atoms with Crippen molar-refractivity contribution in [1.29, 1.82) is 0 Å². The quantitative estimate of drug-likeness (QED) is 0.637. The number of carbonyl (C=O) groups is 1. The van der Waals surface area contributed by atoms with Crippen LogP contribution in [0.25, 0.3) is 0 Å². The Bertz CT molecular complexity index is 116. The first-order chi connectivity index (χ1) is 4.57. The molecular weight excluding hydrogens is 134 g/mol. The minimum Gasteiger partial charge on any atom is -0.465 e. The number of rotatable bonds is 3. The van der Waals surface area contributed by atoms with Crippen molar-refractivity contribution in [3.8, 4) is 0 Å². The number of likely N-dealkylation sites (N-methyl/N-ethyl adjacent to an activating group) is 1. The highest BCUT2D eigenvalue weighted by atomic mass is 16.5. The summed E-state index contributed by atoms with van der Waals surface area (Å²) >= 11 is 0. The third kappa shape index (κ3) is 3.29. The Hall–Kier alpha value is -0.770. The van der Waals surface area contributed by atoms with Gasteiger partial charge in [0, 0.05) is 20.7 Å². The first kappa shape index (κ1) is 9.23. The van der Waals surface area contributed by atoms with Crippen molar-refractivity contribution < 1.29 is 14.6 Å². The van der Waals surface area contributed by atoms with Crippen molar-refractivity contribution in [2.75, 3.05) is 20.7 Å². The molecule has 4 nitrogen and oxygen atoms in total. The molecule has 0 aliphatic heterocycles. The average Bonchev–Trinajstić information content (AvgIpc) is 1.87. The van der Waals surface area contributed by atoms with E-state index < -0.39 is 6.09 Å². The fraction of sp³-hybridized carbons (Fsp3) is 0.833. The second kappa shape index (κ2) is 4.11. The summed E-state index contributed by atoms with van der Waals surface area (Å²) in [5, 5.41) is 8.40. The van der Waals surface area contributed by atoms with E-state index in [0.717, 1.165) is 0 Å². The van der Waals surface area contributed by atoms with E-state index in [-0.39, 0.29) is 6.10 Å². The van der Waals surface area contributed by atoms with Crippen LogP contribution in [0.15, 0.2) is 0 Å². The van der Waals surface area contributed by atoms with E-state index in [1.807, 2.05) is 6.92 Å². The van der Waals surface area contributed by atoms with Crippen molar-refractivity contribution in [2.45, 2.75) is 13.0 Å². The maximum atomic E-state index is 10.2. The molecule has 0 aromatic heterocycles. The van der Waals surface area contributed by atoms with Crippen LogP contribution in [0.4, 0.5) is 4.79 Å². The summed E-state index contributed by atoms with van der Waals surface area (Å²) in [6, 6.07) is 0. The highest BCUT2D eigenvalue weighted by molar-refractivity contribution is 5.64. The molecule has 1 atom stereocenters. The Labute approximate surface area is 60.4 Å². The number of hydrogen-bond donors (Lipinski definition) is 1. The molecule has 0 rings (SSSR count). The van der Waals surface area contributed by atoms with Gasteiger partial charge >= 0.3 is 6.09 Å². The van der Waals surface area contributed by atoms with Crippen LogP contribution in [0.1, 0.15) is 6.92 Å². The second-order valence-corrected chi connectivity index (χ2v) is 2.21. The van der Waals surface area contributed by atoms with Gasteiger partial charge in [-0.1, -0.05) is 0 Å². The van der Waals surface area contributed by atoms with Gasteiger partial charge in [0.25, 0.3) is 0 Å². The molecule has 0 aliphatic rings. The zero-order valence-corrected chi connectivity index (χ0v) is 6.50. The summed E-state index contributed by atoms with van der Waals surface area (Å²) in [5.41, 5.74) is 0. The van der Waals surface area contributed by atoms with Gasteiger partial charge < -0.3 is 14.7 Å². The number of hydrogen-bond acceptors (Lipinski definition) is 2. The van der Waals surface area contributed by atoms with Crippen molar-refractivity contribution >= 4 is 6.09 Å². The summed E-state index contributed by atoms with van der Waals surface area (Å²) in [6.07, 6.45) is -0.968. The molecule has 4 heteroatoms. The molecule has 1 amide bonds. The molecule has 0 saturated carbocycles. The topological polar surface area (TPSA) is 49.8 Å². The summed E-state index contributed by atoms with van der Waals surface area (Å²) in [5.74, 6) is 0. The van der Waals surface area contributed by atoms with Gasteiger partial charge in [0.2, 0.25) is 0 Å². The highest BCUT2D eigenvalue weighted by Crippen LogP contribution is 1.91. The van der Waals surface area contributed by atoms with E-state index in [1.165, 1.54) is 11.9 Å². The van der Waals surface area contributed by atoms with Crippen LogP contribution in [0.2, 0.25) is 0 Å². The lowest BCUT2D eigenvalue weighted by molar-refractivity contribution is 0.0807. The molecule has 0 saturated heterocycles. The SMILES string of the molecule is CO[C@H](C)CN(C)C(=O)O. The smallest absolute Gasteiger partial charge is 0.407 e. The molecule has 0 aliphatic carbocycles. The Balaban J connectivity index is 3.56. The minimum absolute atomic E-state index is 0.0406. The summed E-state index contributed by atoms with van der Waals surface area (Å²) in [6.45, 7) is 2.23. The molecule has 0 aromatic rings. The zero-order chi connectivity index (χ0) is 8.15. The Kier molecular flexibility index (Phi) is 3.79. The first-order valence-electron chi connectivity index (χ1n) is 3.04. The molecule has 0 aromatic carbocycles. The third-order valence-electron chi connectivity index (χ3n) is 1.26. The minimum atomic E-state index is -0.927. The first-order valence-corrected chi connectivity index (χ1v) is 3.04. The molecule has 1 N–H and O–H groups in total. The van der Waals surface area contributed by atoms with E-state index in [4.69, 9.17) is 9.84 Å². The van der Waals surface area contributed by atoms with Crippen LogP contribution in [-0.2, 0) is 4.74 Å². The van der Waals surface area contributed by atoms with Crippen LogP contribution in [0, 0.1) is 0 Å². The molecule has 0 heterocycles. The molecule has 10 heavy (non-hydrogen) atoms. The van der Waals surface area contributed by atoms with Crippen molar-refractivity contribution in [1.82, 2.24) is 4.90 Å². The van der Waals surface area contributed by atoms with Crippen molar-refractivity contribution in [3.05, 3.63) is 0 Å². The lowest BCUT2D eigenvalue weighted by Crippen LogP contribution is -2.32. The van der Waals surface area contributed by atoms with Gasteiger partial charge in [-0.2, -0.15) is 0 Å². The number of methoxy groups -OCH3 is 1. The lowest BCUT2D eigenvalue weighted by Gasteiger charge is -2.16. The molecule has 0 fully saturated rings. The van der Waals surface area contributed by atoms with E-state index in [0.29, 0.717) is 6.54 Å². The maximum Gasteiger partial charge on any atom is 0.407 e. The molecule has 60 valence electrons. The molecule has 0 radical (unpaired) electrons. The number of amides is 1. The fourth-order valence-corrected chi connectivity index (χ4v) is 0.538. The third-order valence-corrected chi connectivity index (χ3v) is 1.26. The molecule has 0 unspecified atom stereocenters. The van der Waals surface area contributed by atoms with Gasteiger partial charge in [0.1, 0.15) is 0 Å². The highest BCUT2D eigenvalue weighted by Gasteiger charge is 2.08. The van der Waals surface area contributed by atoms with E-state index in [1.54, 1.807) is 7.11 Å². The average molecular weight is 147 g/mol. The lowest BCUT2D eigenvalue weighted by atomic mass is 10.4. The molecule has 0 spiro atoms. The maximum absolute atomic E-state index is 10.2. The van der Waals surface area contributed by atoms with Gasteiger partial charge in [-0.25, -0.2) is 4.79 Å². The van der Waals surface area contributed by atoms with E-state index >= 15 is 0 Å². The second-order valence-electron chi connectivity index (χ2n) is 2.21. The standard InChI is InChI=1S/C6H13NO3/c1-5(10-3)4-7(2)6(8)9/h5H,4H2,1-3H3,(H,8,9)/t5-/m1/s1. The number of ether oxygens (including phenoxy) is 1. The molecule has 0 bridgehead atoms. The van der Waals surface area contributed by atoms with Gasteiger partial charge in [0.15, 0.2) is 0 Å².